The normalized spacial score (nSPS) is 26.9. The van der Waals surface area contributed by atoms with Gasteiger partial charge in [0.1, 0.15) is 5.82 Å². The Kier molecular flexibility index (Phi) is 4.62. The van der Waals surface area contributed by atoms with Gasteiger partial charge in [0, 0.05) is 19.1 Å². The van der Waals surface area contributed by atoms with Gasteiger partial charge in [-0.1, -0.05) is 58.0 Å². The Labute approximate surface area is 164 Å². The molecule has 4 rings (SSSR count). The van der Waals surface area contributed by atoms with Gasteiger partial charge < -0.3 is 16.0 Å². The van der Waals surface area contributed by atoms with Crippen LogP contribution in [0.15, 0.2) is 42.2 Å². The highest BCUT2D eigenvalue weighted by molar-refractivity contribution is 5.45. The molecular weight excluding hydrogens is 330 g/mol. The van der Waals surface area contributed by atoms with Crippen molar-refractivity contribution in [3.8, 4) is 0 Å². The molecule has 0 saturated carbocycles. The number of likely N-dealkylation sites (tertiary alicyclic amines) is 1. The Balaban J connectivity index is 1.58. The number of hydrogen-bond acceptors (Lipinski definition) is 3. The van der Waals surface area contributed by atoms with Crippen molar-refractivity contribution in [1.29, 1.82) is 0 Å². The molecule has 0 aromatic heterocycles. The van der Waals surface area contributed by atoms with E-state index < -0.39 is 0 Å². The van der Waals surface area contributed by atoms with E-state index in [-0.39, 0.29) is 16.9 Å². The van der Waals surface area contributed by atoms with Crippen LogP contribution >= 0.6 is 0 Å². The third-order valence-electron chi connectivity index (χ3n) is 6.98. The lowest BCUT2D eigenvalue weighted by atomic mass is 9.63. The summed E-state index contributed by atoms with van der Waals surface area (Å²) in [6.07, 6.45) is 11.4. The van der Waals surface area contributed by atoms with Crippen molar-refractivity contribution in [3.63, 3.8) is 0 Å². The first kappa shape index (κ1) is 18.6. The Hall–Kier alpha value is -1.74. The summed E-state index contributed by atoms with van der Waals surface area (Å²) in [7, 11) is 0. The maximum atomic E-state index is 6.08. The zero-order chi connectivity index (χ0) is 19.2. The number of nitrogens with two attached hydrogens (primary N) is 1. The predicted octanol–water partition coefficient (Wildman–Crippen LogP) is 4.50. The highest BCUT2D eigenvalue weighted by Gasteiger charge is 2.37. The van der Waals surface area contributed by atoms with Gasteiger partial charge in [-0.15, -0.1) is 0 Å². The van der Waals surface area contributed by atoms with Crippen LogP contribution in [0.1, 0.15) is 76.1 Å². The topological polar surface area (TPSA) is 41.3 Å². The van der Waals surface area contributed by atoms with Gasteiger partial charge in [0.25, 0.3) is 0 Å². The number of fused-ring (bicyclic) bond motifs is 1. The van der Waals surface area contributed by atoms with Gasteiger partial charge in [-0.25, -0.2) is 0 Å². The molecule has 3 nitrogen and oxygen atoms in total. The molecule has 3 N–H and O–H groups in total. The molecule has 0 radical (unpaired) electrons. The van der Waals surface area contributed by atoms with Crippen LogP contribution < -0.4 is 11.1 Å². The molecule has 1 fully saturated rings. The van der Waals surface area contributed by atoms with Crippen molar-refractivity contribution < 1.29 is 0 Å². The molecule has 1 unspecified atom stereocenters. The van der Waals surface area contributed by atoms with Crippen LogP contribution in [-0.2, 0) is 10.8 Å². The Morgan fingerprint density at radius 3 is 2.37 bits per heavy atom. The van der Waals surface area contributed by atoms with Gasteiger partial charge >= 0.3 is 0 Å². The maximum absolute atomic E-state index is 6.08. The third kappa shape index (κ3) is 3.54. The van der Waals surface area contributed by atoms with Crippen molar-refractivity contribution in [3.05, 3.63) is 58.9 Å². The molecule has 1 saturated heterocycles. The van der Waals surface area contributed by atoms with Gasteiger partial charge in [-0.2, -0.15) is 0 Å². The molecule has 1 aromatic rings. The Morgan fingerprint density at radius 1 is 1.00 bits per heavy atom. The largest absolute Gasteiger partial charge is 0.361 e. The van der Waals surface area contributed by atoms with Crippen LogP contribution in [0, 0.1) is 0 Å². The van der Waals surface area contributed by atoms with Crippen LogP contribution in [0.2, 0.25) is 0 Å². The Bertz CT molecular complexity index is 764. The van der Waals surface area contributed by atoms with Crippen molar-refractivity contribution in [2.75, 3.05) is 13.1 Å². The quantitative estimate of drug-likeness (QED) is 0.811. The van der Waals surface area contributed by atoms with E-state index in [1.165, 1.54) is 35.4 Å². The molecule has 3 aliphatic rings. The first-order valence-electron chi connectivity index (χ1n) is 10.6. The average Bonchev–Trinajstić information content (AvgIpc) is 2.66. The Morgan fingerprint density at radius 2 is 1.67 bits per heavy atom. The maximum Gasteiger partial charge on any atom is 0.102 e. The third-order valence-corrected chi connectivity index (χ3v) is 6.98. The van der Waals surface area contributed by atoms with Crippen molar-refractivity contribution in [1.82, 2.24) is 10.2 Å². The number of benzene rings is 1. The summed E-state index contributed by atoms with van der Waals surface area (Å²) in [5.41, 5.74) is 11.0. The predicted molar refractivity (Wildman–Crippen MR) is 114 cm³/mol. The lowest BCUT2D eigenvalue weighted by molar-refractivity contribution is 0.244. The lowest BCUT2D eigenvalue weighted by Gasteiger charge is -2.42. The zero-order valence-electron chi connectivity index (χ0n) is 17.4. The fourth-order valence-corrected chi connectivity index (χ4v) is 4.84. The summed E-state index contributed by atoms with van der Waals surface area (Å²) in [6.45, 7) is 11.7. The number of allylic oxidation sites excluding steroid dienone is 2. The number of nitrogens with one attached hydrogen (secondary N) is 1. The van der Waals surface area contributed by atoms with Crippen LogP contribution in [0.5, 0.6) is 0 Å². The fraction of sp³-hybridized carbons (Fsp3) is 0.583. The lowest BCUT2D eigenvalue weighted by Crippen LogP contribution is -2.43. The van der Waals surface area contributed by atoms with Gasteiger partial charge in [0.15, 0.2) is 0 Å². The monoisotopic (exact) mass is 365 g/mol. The van der Waals surface area contributed by atoms with Crippen LogP contribution in [-0.4, -0.2) is 24.0 Å². The molecule has 146 valence electrons. The molecule has 0 bridgehead atoms. The summed E-state index contributed by atoms with van der Waals surface area (Å²) < 4.78 is 0. The van der Waals surface area contributed by atoms with E-state index in [0.717, 1.165) is 25.9 Å². The molecule has 3 heteroatoms. The number of rotatable bonds is 2. The van der Waals surface area contributed by atoms with Crippen LogP contribution in [0.25, 0.3) is 0 Å². The highest BCUT2D eigenvalue weighted by atomic mass is 15.3. The van der Waals surface area contributed by atoms with Crippen molar-refractivity contribution >= 4 is 0 Å². The van der Waals surface area contributed by atoms with E-state index in [2.05, 4.69) is 74.3 Å². The highest BCUT2D eigenvalue weighted by Crippen LogP contribution is 2.46. The summed E-state index contributed by atoms with van der Waals surface area (Å²) in [5, 5.41) is 3.77. The molecule has 2 aliphatic heterocycles. The molecular formula is C24H35N3. The van der Waals surface area contributed by atoms with Gasteiger partial charge in [-0.05, 0) is 59.3 Å². The summed E-state index contributed by atoms with van der Waals surface area (Å²) in [6, 6.07) is 7.79. The molecule has 1 aliphatic carbocycles. The second kappa shape index (κ2) is 6.70. The van der Waals surface area contributed by atoms with Gasteiger partial charge in [-0.3, -0.25) is 0 Å². The number of hydrogen-bond donors (Lipinski definition) is 2. The molecule has 0 amide bonds. The van der Waals surface area contributed by atoms with Gasteiger partial charge in [0.2, 0.25) is 0 Å². The molecule has 2 heterocycles. The number of piperidine rings is 1. The van der Waals surface area contributed by atoms with Crippen molar-refractivity contribution in [2.45, 2.75) is 76.3 Å². The van der Waals surface area contributed by atoms with E-state index in [1.54, 1.807) is 0 Å². The van der Waals surface area contributed by atoms with Crippen molar-refractivity contribution in [2.24, 2.45) is 5.73 Å². The number of dihydropyridines is 1. The van der Waals surface area contributed by atoms with Crippen LogP contribution in [0.3, 0.4) is 0 Å². The molecule has 1 aromatic carbocycles. The molecule has 27 heavy (non-hydrogen) atoms. The zero-order valence-corrected chi connectivity index (χ0v) is 17.4. The second-order valence-corrected chi connectivity index (χ2v) is 9.96. The smallest absolute Gasteiger partial charge is 0.102 e. The summed E-state index contributed by atoms with van der Waals surface area (Å²) in [5.74, 6) is 1.24. The minimum atomic E-state index is 0.242. The molecule has 1 atom stereocenters. The van der Waals surface area contributed by atoms with Gasteiger partial charge in [0.05, 0.1) is 6.04 Å². The fourth-order valence-electron chi connectivity index (χ4n) is 4.84. The standard InChI is InChI=1S/C24H35N3/c1-23(2)12-13-24(3,4)20-16-17(8-9-19(20)23)21-6-5-7-22(26-21)27-14-10-18(25)11-15-27/h5-9,16,18,21,26H,10-15,25H2,1-4H3. The van der Waals surface area contributed by atoms with E-state index in [4.69, 9.17) is 5.73 Å². The van der Waals surface area contributed by atoms with E-state index >= 15 is 0 Å². The first-order chi connectivity index (χ1) is 12.8. The second-order valence-electron chi connectivity index (χ2n) is 9.96. The molecule has 0 spiro atoms. The summed E-state index contributed by atoms with van der Waals surface area (Å²) >= 11 is 0. The summed E-state index contributed by atoms with van der Waals surface area (Å²) in [4.78, 5) is 2.45. The van der Waals surface area contributed by atoms with E-state index in [9.17, 15) is 0 Å². The van der Waals surface area contributed by atoms with E-state index in [1.807, 2.05) is 0 Å². The minimum Gasteiger partial charge on any atom is -0.361 e. The van der Waals surface area contributed by atoms with E-state index in [0.29, 0.717) is 6.04 Å². The van der Waals surface area contributed by atoms with Crippen LogP contribution in [0.4, 0.5) is 0 Å². The number of nitrogens with zero attached hydrogens (tertiary/aromatic N) is 1. The average molecular weight is 366 g/mol. The SMILES string of the molecule is CC1(C)CCC(C)(C)c2cc(C3C=CC=C(N4CCC(N)CC4)N3)ccc21. The first-order valence-corrected chi connectivity index (χ1v) is 10.6. The minimum absolute atomic E-state index is 0.242.